The molecule has 0 aliphatic heterocycles. The van der Waals surface area contributed by atoms with Crippen LogP contribution in [0.25, 0.3) is 0 Å². The Morgan fingerprint density at radius 1 is 1.20 bits per heavy atom. The van der Waals surface area contributed by atoms with Crippen LogP contribution in [0.2, 0.25) is 0 Å². The Labute approximate surface area is 128 Å². The van der Waals surface area contributed by atoms with Gasteiger partial charge >= 0.3 is 0 Å². The van der Waals surface area contributed by atoms with Gasteiger partial charge in [0.15, 0.2) is 4.67 Å². The second kappa shape index (κ2) is 7.50. The van der Waals surface area contributed by atoms with Crippen LogP contribution < -0.4 is 10.1 Å². The number of rotatable bonds is 7. The van der Waals surface area contributed by atoms with Crippen molar-refractivity contribution in [3.63, 3.8) is 0 Å². The summed E-state index contributed by atoms with van der Waals surface area (Å²) in [6.07, 6.45) is 0.993. The molecule has 3 nitrogen and oxygen atoms in total. The number of para-hydroxylation sites is 1. The molecule has 0 saturated heterocycles. The lowest BCUT2D eigenvalue weighted by Gasteiger charge is -2.19. The number of halogens is 1. The minimum Gasteiger partial charge on any atom is -0.493 e. The molecule has 1 heterocycles. The molecule has 0 aliphatic rings. The number of furan rings is 1. The minimum atomic E-state index is -0.000596. The van der Waals surface area contributed by atoms with E-state index in [0.717, 1.165) is 41.3 Å². The van der Waals surface area contributed by atoms with Crippen LogP contribution in [0.3, 0.4) is 0 Å². The van der Waals surface area contributed by atoms with Crippen molar-refractivity contribution in [1.29, 1.82) is 0 Å². The summed E-state index contributed by atoms with van der Waals surface area (Å²) in [5.74, 6) is 1.79. The summed E-state index contributed by atoms with van der Waals surface area (Å²) in [7, 11) is 0. The lowest BCUT2D eigenvalue weighted by Crippen LogP contribution is -2.22. The van der Waals surface area contributed by atoms with Crippen LogP contribution >= 0.6 is 15.9 Å². The average molecular weight is 338 g/mol. The summed E-state index contributed by atoms with van der Waals surface area (Å²) in [6, 6.07) is 12.0. The molecule has 0 radical (unpaired) electrons. The Bertz CT molecular complexity index is 539. The van der Waals surface area contributed by atoms with Gasteiger partial charge in [-0.3, -0.25) is 0 Å². The van der Waals surface area contributed by atoms with Gasteiger partial charge in [-0.15, -0.1) is 0 Å². The van der Waals surface area contributed by atoms with Gasteiger partial charge in [0.1, 0.15) is 11.5 Å². The predicted octanol–water partition coefficient (Wildman–Crippen LogP) is 4.53. The molecular weight excluding hydrogens is 318 g/mol. The van der Waals surface area contributed by atoms with Crippen LogP contribution in [-0.2, 0) is 0 Å². The molecule has 0 saturated carbocycles. The fourth-order valence-electron chi connectivity index (χ4n) is 2.11. The molecule has 1 aromatic carbocycles. The van der Waals surface area contributed by atoms with Gasteiger partial charge in [-0.05, 0) is 47.1 Å². The van der Waals surface area contributed by atoms with Crippen molar-refractivity contribution in [2.45, 2.75) is 26.3 Å². The first kappa shape index (κ1) is 15.1. The van der Waals surface area contributed by atoms with E-state index in [2.05, 4.69) is 41.2 Å². The first-order valence-corrected chi connectivity index (χ1v) is 7.75. The van der Waals surface area contributed by atoms with E-state index in [1.54, 1.807) is 0 Å². The molecule has 2 aromatic rings. The van der Waals surface area contributed by atoms with Gasteiger partial charge < -0.3 is 14.5 Å². The SMILES string of the molecule is CCCOc1ccccc1C(NCC)c1ccc(Br)o1. The fraction of sp³-hybridized carbons (Fsp3) is 0.375. The Kier molecular flexibility index (Phi) is 5.68. The normalized spacial score (nSPS) is 12.3. The third kappa shape index (κ3) is 3.64. The van der Waals surface area contributed by atoms with Gasteiger partial charge in [-0.25, -0.2) is 0 Å². The van der Waals surface area contributed by atoms with Crippen molar-refractivity contribution in [1.82, 2.24) is 5.32 Å². The molecule has 1 atom stereocenters. The average Bonchev–Trinajstić information content (AvgIpc) is 2.89. The van der Waals surface area contributed by atoms with E-state index in [1.807, 2.05) is 30.3 Å². The van der Waals surface area contributed by atoms with Gasteiger partial charge in [0.2, 0.25) is 0 Å². The van der Waals surface area contributed by atoms with Crippen molar-refractivity contribution < 1.29 is 9.15 Å². The highest BCUT2D eigenvalue weighted by molar-refractivity contribution is 9.10. The molecule has 0 aliphatic carbocycles. The molecule has 1 aromatic heterocycles. The Hall–Kier alpha value is -1.26. The second-order valence-corrected chi connectivity index (χ2v) is 5.30. The van der Waals surface area contributed by atoms with Gasteiger partial charge in [-0.1, -0.05) is 32.0 Å². The number of hydrogen-bond acceptors (Lipinski definition) is 3. The van der Waals surface area contributed by atoms with Crippen LogP contribution in [0, 0.1) is 0 Å². The molecule has 2 rings (SSSR count). The Morgan fingerprint density at radius 3 is 2.65 bits per heavy atom. The number of nitrogens with one attached hydrogen (secondary N) is 1. The predicted molar refractivity (Wildman–Crippen MR) is 84.2 cm³/mol. The van der Waals surface area contributed by atoms with Crippen molar-refractivity contribution in [2.75, 3.05) is 13.2 Å². The van der Waals surface area contributed by atoms with E-state index >= 15 is 0 Å². The van der Waals surface area contributed by atoms with Crippen LogP contribution in [-0.4, -0.2) is 13.2 Å². The van der Waals surface area contributed by atoms with E-state index in [1.165, 1.54) is 0 Å². The van der Waals surface area contributed by atoms with Crippen LogP contribution in [0.5, 0.6) is 5.75 Å². The maximum absolute atomic E-state index is 5.85. The van der Waals surface area contributed by atoms with Crippen molar-refractivity contribution in [3.8, 4) is 5.75 Å². The molecule has 0 bridgehead atoms. The lowest BCUT2D eigenvalue weighted by molar-refractivity contribution is 0.309. The van der Waals surface area contributed by atoms with E-state index in [9.17, 15) is 0 Å². The molecular formula is C16H20BrNO2. The first-order chi connectivity index (χ1) is 9.76. The molecule has 108 valence electrons. The van der Waals surface area contributed by atoms with Crippen LogP contribution in [0.1, 0.15) is 37.6 Å². The van der Waals surface area contributed by atoms with Gasteiger partial charge in [0.25, 0.3) is 0 Å². The molecule has 1 unspecified atom stereocenters. The Balaban J connectivity index is 2.33. The largest absolute Gasteiger partial charge is 0.493 e. The van der Waals surface area contributed by atoms with Crippen LogP contribution in [0.4, 0.5) is 0 Å². The summed E-state index contributed by atoms with van der Waals surface area (Å²) >= 11 is 3.36. The third-order valence-electron chi connectivity index (χ3n) is 2.98. The summed E-state index contributed by atoms with van der Waals surface area (Å²) in [5.41, 5.74) is 1.10. The Morgan fingerprint density at radius 2 is 2.00 bits per heavy atom. The zero-order chi connectivity index (χ0) is 14.4. The third-order valence-corrected chi connectivity index (χ3v) is 3.40. The smallest absolute Gasteiger partial charge is 0.169 e. The first-order valence-electron chi connectivity index (χ1n) is 6.96. The molecule has 0 spiro atoms. The molecule has 0 fully saturated rings. The standard InChI is InChI=1S/C16H20BrNO2/c1-3-11-19-13-8-6-5-7-12(13)16(18-4-2)14-9-10-15(17)20-14/h5-10,16,18H,3-4,11H2,1-2H3. The summed E-state index contributed by atoms with van der Waals surface area (Å²) in [6.45, 7) is 5.76. The van der Waals surface area contributed by atoms with E-state index in [-0.39, 0.29) is 6.04 Å². The fourth-order valence-corrected chi connectivity index (χ4v) is 2.43. The topological polar surface area (TPSA) is 34.4 Å². The highest BCUT2D eigenvalue weighted by Crippen LogP contribution is 2.32. The monoisotopic (exact) mass is 337 g/mol. The molecule has 20 heavy (non-hydrogen) atoms. The number of hydrogen-bond donors (Lipinski definition) is 1. The quantitative estimate of drug-likeness (QED) is 0.805. The summed E-state index contributed by atoms with van der Waals surface area (Å²) < 4.78 is 12.3. The summed E-state index contributed by atoms with van der Waals surface area (Å²) in [5, 5.41) is 3.45. The maximum atomic E-state index is 5.85. The van der Waals surface area contributed by atoms with E-state index < -0.39 is 0 Å². The highest BCUT2D eigenvalue weighted by Gasteiger charge is 2.20. The van der Waals surface area contributed by atoms with Crippen molar-refractivity contribution >= 4 is 15.9 Å². The lowest BCUT2D eigenvalue weighted by atomic mass is 10.0. The molecule has 0 amide bonds. The number of benzene rings is 1. The number of ether oxygens (including phenoxy) is 1. The second-order valence-electron chi connectivity index (χ2n) is 4.52. The van der Waals surface area contributed by atoms with Crippen molar-refractivity contribution in [3.05, 3.63) is 52.4 Å². The van der Waals surface area contributed by atoms with E-state index in [0.29, 0.717) is 0 Å². The molecule has 1 N–H and O–H groups in total. The van der Waals surface area contributed by atoms with Gasteiger partial charge in [-0.2, -0.15) is 0 Å². The zero-order valence-electron chi connectivity index (χ0n) is 11.9. The molecule has 4 heteroatoms. The van der Waals surface area contributed by atoms with E-state index in [4.69, 9.17) is 9.15 Å². The van der Waals surface area contributed by atoms with Gasteiger partial charge in [0, 0.05) is 5.56 Å². The van der Waals surface area contributed by atoms with Crippen molar-refractivity contribution in [2.24, 2.45) is 0 Å². The zero-order valence-corrected chi connectivity index (χ0v) is 13.4. The highest BCUT2D eigenvalue weighted by atomic mass is 79.9. The minimum absolute atomic E-state index is 0.000596. The summed E-state index contributed by atoms with van der Waals surface area (Å²) in [4.78, 5) is 0. The maximum Gasteiger partial charge on any atom is 0.169 e. The van der Waals surface area contributed by atoms with Crippen LogP contribution in [0.15, 0.2) is 45.5 Å². The van der Waals surface area contributed by atoms with Gasteiger partial charge in [0.05, 0.1) is 12.6 Å².